The summed E-state index contributed by atoms with van der Waals surface area (Å²) in [7, 11) is -3.25. The quantitative estimate of drug-likeness (QED) is 0.390. The number of carbonyl (C=O) groups excluding carboxylic acids is 1. The molecule has 0 unspecified atom stereocenters. The molecular formula is C24H26ClN3O5S2. The van der Waals surface area contributed by atoms with Crippen molar-refractivity contribution in [3.05, 3.63) is 63.4 Å². The lowest BCUT2D eigenvalue weighted by molar-refractivity contribution is -0.136. The number of carbonyl (C=O) groups is 2. The molecule has 1 aromatic carbocycles. The van der Waals surface area contributed by atoms with E-state index in [9.17, 15) is 18.0 Å². The number of amides is 1. The summed E-state index contributed by atoms with van der Waals surface area (Å²) in [5.74, 6) is -1.05. The van der Waals surface area contributed by atoms with Crippen LogP contribution in [0.2, 0.25) is 4.34 Å². The van der Waals surface area contributed by atoms with E-state index in [1.807, 2.05) is 16.8 Å². The number of sulfone groups is 1. The van der Waals surface area contributed by atoms with Gasteiger partial charge in [-0.1, -0.05) is 48.9 Å². The second kappa shape index (κ2) is 10.1. The van der Waals surface area contributed by atoms with Crippen LogP contribution < -0.4 is 5.32 Å². The van der Waals surface area contributed by atoms with Crippen LogP contribution in [0.1, 0.15) is 54.0 Å². The Kier molecular flexibility index (Phi) is 7.35. The van der Waals surface area contributed by atoms with Gasteiger partial charge in [0.1, 0.15) is 10.0 Å². The van der Waals surface area contributed by atoms with Crippen molar-refractivity contribution >= 4 is 49.8 Å². The lowest BCUT2D eigenvalue weighted by Crippen LogP contribution is -2.17. The third-order valence-electron chi connectivity index (χ3n) is 5.59. The molecule has 0 aliphatic heterocycles. The van der Waals surface area contributed by atoms with Gasteiger partial charge in [0.05, 0.1) is 22.3 Å². The average molecular weight is 536 g/mol. The lowest BCUT2D eigenvalue weighted by Gasteiger charge is -2.10. The molecule has 8 nitrogen and oxygen atoms in total. The highest BCUT2D eigenvalue weighted by atomic mass is 35.5. The SMILES string of the molecule is CC(C)Cc1cc(C(=O)Nc2nc(CC(=O)O)c(Cl)s2)n(Cc2ccc(S(=O)(=O)C3CC3)cc2)c1. The van der Waals surface area contributed by atoms with E-state index >= 15 is 0 Å². The number of aliphatic carboxylic acids is 1. The van der Waals surface area contributed by atoms with Crippen molar-refractivity contribution in [2.75, 3.05) is 5.32 Å². The van der Waals surface area contributed by atoms with Crippen molar-refractivity contribution in [2.24, 2.45) is 5.92 Å². The number of hydrogen-bond acceptors (Lipinski definition) is 6. The van der Waals surface area contributed by atoms with Crippen molar-refractivity contribution in [3.63, 3.8) is 0 Å². The second-order valence-electron chi connectivity index (χ2n) is 9.11. The van der Waals surface area contributed by atoms with E-state index in [4.69, 9.17) is 16.7 Å². The lowest BCUT2D eigenvalue weighted by atomic mass is 10.1. The van der Waals surface area contributed by atoms with Crippen LogP contribution in [-0.4, -0.2) is 40.2 Å². The van der Waals surface area contributed by atoms with E-state index in [1.54, 1.807) is 24.3 Å². The molecule has 0 atom stereocenters. The summed E-state index contributed by atoms with van der Waals surface area (Å²) < 4.78 is 27.0. The molecule has 186 valence electrons. The van der Waals surface area contributed by atoms with Gasteiger partial charge >= 0.3 is 5.97 Å². The van der Waals surface area contributed by atoms with Gasteiger partial charge in [-0.2, -0.15) is 0 Å². The highest BCUT2D eigenvalue weighted by Gasteiger charge is 2.36. The van der Waals surface area contributed by atoms with Crippen molar-refractivity contribution in [1.29, 1.82) is 0 Å². The van der Waals surface area contributed by atoms with E-state index in [2.05, 4.69) is 24.1 Å². The number of aromatic nitrogens is 2. The molecule has 1 fully saturated rings. The first kappa shape index (κ1) is 25.4. The van der Waals surface area contributed by atoms with Gasteiger partial charge in [0.15, 0.2) is 15.0 Å². The Hall–Kier alpha value is -2.69. The number of carboxylic acids is 1. The second-order valence-corrected chi connectivity index (χ2v) is 12.9. The normalized spacial score (nSPS) is 13.8. The summed E-state index contributed by atoms with van der Waals surface area (Å²) in [6.45, 7) is 4.57. The molecule has 1 aliphatic carbocycles. The number of benzene rings is 1. The van der Waals surface area contributed by atoms with Crippen LogP contribution in [0.3, 0.4) is 0 Å². The Morgan fingerprint density at radius 3 is 2.51 bits per heavy atom. The maximum atomic E-state index is 13.1. The number of halogens is 1. The number of hydrogen-bond donors (Lipinski definition) is 2. The Labute approximate surface area is 212 Å². The molecule has 1 amide bonds. The molecule has 0 spiro atoms. The molecule has 0 saturated heterocycles. The van der Waals surface area contributed by atoms with Gasteiger partial charge in [0, 0.05) is 12.7 Å². The van der Waals surface area contributed by atoms with E-state index < -0.39 is 15.8 Å². The monoisotopic (exact) mass is 535 g/mol. The first-order chi connectivity index (χ1) is 16.5. The molecule has 1 aliphatic rings. The molecular weight excluding hydrogens is 510 g/mol. The van der Waals surface area contributed by atoms with Gasteiger partial charge < -0.3 is 9.67 Å². The predicted octanol–water partition coefficient (Wildman–Crippen LogP) is 4.66. The van der Waals surface area contributed by atoms with Crippen LogP contribution in [0.25, 0.3) is 0 Å². The van der Waals surface area contributed by atoms with Crippen LogP contribution in [0.15, 0.2) is 41.4 Å². The topological polar surface area (TPSA) is 118 Å². The minimum absolute atomic E-state index is 0.205. The predicted molar refractivity (Wildman–Crippen MR) is 135 cm³/mol. The van der Waals surface area contributed by atoms with Crippen LogP contribution >= 0.6 is 22.9 Å². The summed E-state index contributed by atoms with van der Waals surface area (Å²) in [4.78, 5) is 28.6. The molecule has 11 heteroatoms. The highest BCUT2D eigenvalue weighted by molar-refractivity contribution is 7.92. The summed E-state index contributed by atoms with van der Waals surface area (Å²) in [5.41, 5.74) is 2.49. The molecule has 3 aromatic rings. The zero-order valence-corrected chi connectivity index (χ0v) is 21.7. The van der Waals surface area contributed by atoms with E-state index in [1.165, 1.54) is 0 Å². The Balaban J connectivity index is 1.56. The first-order valence-corrected chi connectivity index (χ1v) is 14.0. The average Bonchev–Trinajstić information content (AvgIpc) is 3.49. The molecule has 2 aromatic heterocycles. The van der Waals surface area contributed by atoms with E-state index in [0.717, 1.165) is 28.9 Å². The Bertz CT molecular complexity index is 1360. The number of nitrogens with one attached hydrogen (secondary N) is 1. The van der Waals surface area contributed by atoms with Crippen LogP contribution in [0.5, 0.6) is 0 Å². The van der Waals surface area contributed by atoms with Crippen LogP contribution in [0.4, 0.5) is 5.13 Å². The van der Waals surface area contributed by atoms with Crippen molar-refractivity contribution in [3.8, 4) is 0 Å². The molecule has 0 bridgehead atoms. The van der Waals surface area contributed by atoms with Gasteiger partial charge in [-0.15, -0.1) is 0 Å². The van der Waals surface area contributed by atoms with Crippen LogP contribution in [-0.2, 0) is 34.0 Å². The number of anilines is 1. The largest absolute Gasteiger partial charge is 0.481 e. The molecule has 2 heterocycles. The highest BCUT2D eigenvalue weighted by Crippen LogP contribution is 2.33. The maximum absolute atomic E-state index is 13.1. The minimum Gasteiger partial charge on any atom is -0.481 e. The molecule has 35 heavy (non-hydrogen) atoms. The van der Waals surface area contributed by atoms with E-state index in [0.29, 0.717) is 35.9 Å². The molecule has 4 rings (SSSR count). The molecule has 1 saturated carbocycles. The number of carboxylic acid groups (broad SMARTS) is 1. The fraction of sp³-hybridized carbons (Fsp3) is 0.375. The Morgan fingerprint density at radius 1 is 1.23 bits per heavy atom. The third kappa shape index (κ3) is 6.12. The summed E-state index contributed by atoms with van der Waals surface area (Å²) >= 11 is 7.09. The fourth-order valence-electron chi connectivity index (χ4n) is 3.83. The zero-order chi connectivity index (χ0) is 25.3. The van der Waals surface area contributed by atoms with Crippen molar-refractivity contribution in [1.82, 2.24) is 9.55 Å². The van der Waals surface area contributed by atoms with Gasteiger partial charge in [0.25, 0.3) is 5.91 Å². The Morgan fingerprint density at radius 2 is 1.91 bits per heavy atom. The molecule has 2 N–H and O–H groups in total. The number of nitrogens with zero attached hydrogens (tertiary/aromatic N) is 2. The smallest absolute Gasteiger partial charge is 0.309 e. The fourth-order valence-corrected chi connectivity index (χ4v) is 6.52. The number of thiazole rings is 1. The first-order valence-electron chi connectivity index (χ1n) is 11.2. The van der Waals surface area contributed by atoms with Gasteiger partial charge in [-0.25, -0.2) is 13.4 Å². The minimum atomic E-state index is -3.25. The maximum Gasteiger partial charge on any atom is 0.309 e. The zero-order valence-electron chi connectivity index (χ0n) is 19.3. The summed E-state index contributed by atoms with van der Waals surface area (Å²) in [6, 6.07) is 8.63. The van der Waals surface area contributed by atoms with Gasteiger partial charge in [-0.05, 0) is 54.5 Å². The summed E-state index contributed by atoms with van der Waals surface area (Å²) in [6.07, 6.45) is 3.82. The van der Waals surface area contributed by atoms with Gasteiger partial charge in [0.2, 0.25) is 0 Å². The van der Waals surface area contributed by atoms with E-state index in [-0.39, 0.29) is 32.7 Å². The third-order valence-corrected chi connectivity index (χ3v) is 9.12. The standard InChI is InChI=1S/C24H26ClN3O5S2/c1-14(2)9-16-10-20(23(31)27-24-26-19(11-21(29)30)22(25)34-24)28(13-16)12-15-3-5-17(6-4-15)35(32,33)18-7-8-18/h3-6,10,13-14,18H,7-9,11-12H2,1-2H3,(H,29,30)(H,26,27,31). The summed E-state index contributed by atoms with van der Waals surface area (Å²) in [5, 5.41) is 11.7. The molecule has 0 radical (unpaired) electrons. The number of rotatable bonds is 10. The van der Waals surface area contributed by atoms with Crippen molar-refractivity contribution in [2.45, 2.75) is 56.2 Å². The van der Waals surface area contributed by atoms with Gasteiger partial charge in [-0.3, -0.25) is 14.9 Å². The van der Waals surface area contributed by atoms with Crippen LogP contribution in [0, 0.1) is 5.92 Å². The van der Waals surface area contributed by atoms with Crippen molar-refractivity contribution < 1.29 is 23.1 Å².